The van der Waals surface area contributed by atoms with Crippen LogP contribution < -0.4 is 0 Å². The molecule has 1 aromatic carbocycles. The molecule has 80 valence electrons. The normalized spacial score (nSPS) is 12.1. The molecule has 1 rings (SSSR count). The zero-order valence-corrected chi connectivity index (χ0v) is 9.50. The Hall–Kier alpha value is -1.04. The van der Waals surface area contributed by atoms with Gasteiger partial charge in [-0.2, -0.15) is 5.26 Å². The van der Waals surface area contributed by atoms with E-state index in [0.717, 1.165) is 12.0 Å². The summed E-state index contributed by atoms with van der Waals surface area (Å²) in [6, 6.07) is 9.70. The number of benzene rings is 1. The van der Waals surface area contributed by atoms with Gasteiger partial charge in [0.1, 0.15) is 0 Å². The second-order valence-corrected chi connectivity index (χ2v) is 3.70. The number of halogens is 1. The molecule has 15 heavy (non-hydrogen) atoms. The van der Waals surface area contributed by atoms with Crippen molar-refractivity contribution in [3.63, 3.8) is 0 Å². The molecule has 0 aliphatic heterocycles. The highest BCUT2D eigenvalue weighted by Crippen LogP contribution is 2.17. The molecule has 0 heterocycles. The maximum Gasteiger partial charge on any atom is 0.0735 e. The van der Waals surface area contributed by atoms with Crippen molar-refractivity contribution in [3.8, 4) is 6.07 Å². The number of nitrogens with zero attached hydrogens (tertiary/aromatic N) is 1. The molecule has 0 radical (unpaired) electrons. The number of ether oxygens (including phenoxy) is 1. The van der Waals surface area contributed by atoms with Crippen molar-refractivity contribution >= 4 is 11.6 Å². The Labute approximate surface area is 95.4 Å². The first kappa shape index (κ1) is 12.0. The van der Waals surface area contributed by atoms with Crippen molar-refractivity contribution in [2.45, 2.75) is 32.5 Å². The Morgan fingerprint density at radius 1 is 1.47 bits per heavy atom. The highest BCUT2D eigenvalue weighted by molar-refractivity contribution is 6.31. The molecule has 0 aliphatic carbocycles. The molecular weight excluding hydrogens is 210 g/mol. The fraction of sp³-hybridized carbons (Fsp3) is 0.417. The van der Waals surface area contributed by atoms with E-state index in [-0.39, 0.29) is 6.10 Å². The van der Waals surface area contributed by atoms with Gasteiger partial charge >= 0.3 is 0 Å². The SMILES string of the molecule is CCC(CC#N)OCc1ccccc1Cl. The lowest BCUT2D eigenvalue weighted by molar-refractivity contribution is 0.0414. The summed E-state index contributed by atoms with van der Waals surface area (Å²) in [5, 5.41) is 9.28. The summed E-state index contributed by atoms with van der Waals surface area (Å²) in [4.78, 5) is 0. The Kier molecular flexibility index (Phi) is 5.17. The summed E-state index contributed by atoms with van der Waals surface area (Å²) in [5.41, 5.74) is 0.968. The number of hydrogen-bond donors (Lipinski definition) is 0. The van der Waals surface area contributed by atoms with Gasteiger partial charge in [-0.15, -0.1) is 0 Å². The van der Waals surface area contributed by atoms with E-state index in [4.69, 9.17) is 21.6 Å². The Morgan fingerprint density at radius 2 is 2.20 bits per heavy atom. The fourth-order valence-electron chi connectivity index (χ4n) is 1.25. The number of rotatable bonds is 5. The molecule has 0 N–H and O–H groups in total. The summed E-state index contributed by atoms with van der Waals surface area (Å²) >= 11 is 5.98. The van der Waals surface area contributed by atoms with Crippen LogP contribution in [0, 0.1) is 11.3 Å². The standard InChI is InChI=1S/C12H14ClNO/c1-2-11(7-8-14)15-9-10-5-3-4-6-12(10)13/h3-6,11H,2,7,9H2,1H3. The van der Waals surface area contributed by atoms with E-state index in [1.54, 1.807) is 0 Å². The van der Waals surface area contributed by atoms with Crippen molar-refractivity contribution in [1.82, 2.24) is 0 Å². The molecule has 0 aliphatic rings. The van der Waals surface area contributed by atoms with Crippen LogP contribution in [0.2, 0.25) is 5.02 Å². The maximum absolute atomic E-state index is 8.56. The van der Waals surface area contributed by atoms with Crippen molar-refractivity contribution in [2.75, 3.05) is 0 Å². The fourth-order valence-corrected chi connectivity index (χ4v) is 1.44. The molecule has 0 aromatic heterocycles. The zero-order chi connectivity index (χ0) is 11.1. The van der Waals surface area contributed by atoms with Crippen LogP contribution in [0.25, 0.3) is 0 Å². The van der Waals surface area contributed by atoms with Gasteiger partial charge in [0.25, 0.3) is 0 Å². The smallest absolute Gasteiger partial charge is 0.0735 e. The maximum atomic E-state index is 8.56. The molecule has 1 aromatic rings. The minimum Gasteiger partial charge on any atom is -0.372 e. The molecule has 0 amide bonds. The lowest BCUT2D eigenvalue weighted by Crippen LogP contribution is -2.10. The third kappa shape index (κ3) is 3.91. The predicted molar refractivity (Wildman–Crippen MR) is 60.6 cm³/mol. The minimum absolute atomic E-state index is 0.00581. The van der Waals surface area contributed by atoms with Gasteiger partial charge in [-0.1, -0.05) is 36.7 Å². The third-order valence-electron chi connectivity index (χ3n) is 2.21. The van der Waals surface area contributed by atoms with E-state index in [2.05, 4.69) is 6.07 Å². The highest BCUT2D eigenvalue weighted by Gasteiger charge is 2.07. The Bertz CT molecular complexity index is 346. The van der Waals surface area contributed by atoms with Crippen molar-refractivity contribution < 1.29 is 4.74 Å². The van der Waals surface area contributed by atoms with E-state index in [0.29, 0.717) is 18.1 Å². The molecule has 1 unspecified atom stereocenters. The van der Waals surface area contributed by atoms with Crippen LogP contribution in [-0.2, 0) is 11.3 Å². The average Bonchev–Trinajstić information content (AvgIpc) is 2.26. The molecule has 2 nitrogen and oxygen atoms in total. The molecule has 0 saturated carbocycles. The Balaban J connectivity index is 2.49. The van der Waals surface area contributed by atoms with Crippen LogP contribution in [-0.4, -0.2) is 6.10 Å². The van der Waals surface area contributed by atoms with Crippen molar-refractivity contribution in [1.29, 1.82) is 5.26 Å². The van der Waals surface area contributed by atoms with E-state index in [1.807, 2.05) is 31.2 Å². The van der Waals surface area contributed by atoms with E-state index < -0.39 is 0 Å². The van der Waals surface area contributed by atoms with E-state index in [9.17, 15) is 0 Å². The molecule has 0 fully saturated rings. The average molecular weight is 224 g/mol. The first-order valence-electron chi connectivity index (χ1n) is 5.00. The lowest BCUT2D eigenvalue weighted by Gasteiger charge is -2.13. The second kappa shape index (κ2) is 6.44. The van der Waals surface area contributed by atoms with Crippen LogP contribution in [0.4, 0.5) is 0 Å². The van der Waals surface area contributed by atoms with E-state index >= 15 is 0 Å². The number of nitriles is 1. The summed E-state index contributed by atoms with van der Waals surface area (Å²) in [5.74, 6) is 0. The summed E-state index contributed by atoms with van der Waals surface area (Å²) in [6.45, 7) is 2.48. The molecule has 1 atom stereocenters. The van der Waals surface area contributed by atoms with Gasteiger partial charge in [0.05, 0.1) is 25.2 Å². The molecular formula is C12H14ClNO. The van der Waals surface area contributed by atoms with Gasteiger partial charge in [-0.25, -0.2) is 0 Å². The van der Waals surface area contributed by atoms with Gasteiger partial charge in [-0.3, -0.25) is 0 Å². The zero-order valence-electron chi connectivity index (χ0n) is 8.74. The van der Waals surface area contributed by atoms with Crippen LogP contribution in [0.1, 0.15) is 25.3 Å². The van der Waals surface area contributed by atoms with Gasteiger partial charge in [0.2, 0.25) is 0 Å². The predicted octanol–water partition coefficient (Wildman–Crippen LogP) is 3.55. The van der Waals surface area contributed by atoms with Gasteiger partial charge in [-0.05, 0) is 18.1 Å². The first-order valence-corrected chi connectivity index (χ1v) is 5.37. The van der Waals surface area contributed by atoms with Gasteiger partial charge in [0.15, 0.2) is 0 Å². The van der Waals surface area contributed by atoms with Crippen LogP contribution in [0.3, 0.4) is 0 Å². The third-order valence-corrected chi connectivity index (χ3v) is 2.58. The quantitative estimate of drug-likeness (QED) is 0.765. The summed E-state index contributed by atoms with van der Waals surface area (Å²) < 4.78 is 5.59. The van der Waals surface area contributed by atoms with Gasteiger partial charge < -0.3 is 4.74 Å². The molecule has 0 saturated heterocycles. The second-order valence-electron chi connectivity index (χ2n) is 3.29. The van der Waals surface area contributed by atoms with Crippen LogP contribution >= 0.6 is 11.6 Å². The molecule has 3 heteroatoms. The lowest BCUT2D eigenvalue weighted by atomic mass is 10.2. The molecule has 0 bridgehead atoms. The van der Waals surface area contributed by atoms with E-state index in [1.165, 1.54) is 0 Å². The largest absolute Gasteiger partial charge is 0.372 e. The van der Waals surface area contributed by atoms with Crippen LogP contribution in [0.15, 0.2) is 24.3 Å². The number of hydrogen-bond acceptors (Lipinski definition) is 2. The monoisotopic (exact) mass is 223 g/mol. The summed E-state index contributed by atoms with van der Waals surface area (Å²) in [6.07, 6.45) is 1.28. The summed E-state index contributed by atoms with van der Waals surface area (Å²) in [7, 11) is 0. The first-order chi connectivity index (χ1) is 7.27. The van der Waals surface area contributed by atoms with Crippen molar-refractivity contribution in [2.24, 2.45) is 0 Å². The Morgan fingerprint density at radius 3 is 2.80 bits per heavy atom. The topological polar surface area (TPSA) is 33.0 Å². The van der Waals surface area contributed by atoms with Crippen LogP contribution in [0.5, 0.6) is 0 Å². The minimum atomic E-state index is 0.00581. The van der Waals surface area contributed by atoms with Crippen molar-refractivity contribution in [3.05, 3.63) is 34.9 Å². The molecule has 0 spiro atoms. The highest BCUT2D eigenvalue weighted by atomic mass is 35.5. The van der Waals surface area contributed by atoms with Gasteiger partial charge in [0, 0.05) is 5.02 Å².